The van der Waals surface area contributed by atoms with Crippen molar-refractivity contribution < 1.29 is 38.4 Å². The lowest BCUT2D eigenvalue weighted by Gasteiger charge is -2.10. The Kier molecular flexibility index (Phi) is 17.8. The average molecular weight is 405 g/mol. The molecule has 2 N–H and O–H groups in total. The summed E-state index contributed by atoms with van der Waals surface area (Å²) in [5.74, 6) is -2.04. The second-order valence-electron chi connectivity index (χ2n) is 6.25. The van der Waals surface area contributed by atoms with Gasteiger partial charge in [0.25, 0.3) is 0 Å². The van der Waals surface area contributed by atoms with E-state index in [1.165, 1.54) is 0 Å². The van der Waals surface area contributed by atoms with Gasteiger partial charge in [-0.15, -0.1) is 0 Å². The number of Topliss-reactive ketones (excluding diaryl/α,β-unsaturated/α-hetero) is 1. The summed E-state index contributed by atoms with van der Waals surface area (Å²) in [5.41, 5.74) is 0. The molecule has 0 bridgehead atoms. The minimum Gasteiger partial charge on any atom is -0.481 e. The number of carbonyl (C=O) groups is 3. The number of aliphatic carboxylic acids is 1. The molecule has 9 heteroatoms. The predicted octanol–water partition coefficient (Wildman–Crippen LogP) is 1.04. The molecule has 164 valence electrons. The number of hydrogen-bond acceptors (Lipinski definition) is 7. The molecule has 1 amide bonds. The molecule has 0 saturated heterocycles. The van der Waals surface area contributed by atoms with Crippen LogP contribution in [0.3, 0.4) is 0 Å². The van der Waals surface area contributed by atoms with Crippen LogP contribution in [-0.4, -0.2) is 82.2 Å². The van der Waals surface area contributed by atoms with Crippen molar-refractivity contribution in [2.75, 3.05) is 59.4 Å². The number of carbonyl (C=O) groups excluding carboxylic acids is 2. The van der Waals surface area contributed by atoms with Crippen LogP contribution in [0.1, 0.15) is 39.5 Å². The first-order valence-electron chi connectivity index (χ1n) is 9.83. The number of carboxylic acids is 1. The third-order valence-electron chi connectivity index (χ3n) is 3.62. The maximum Gasteiger partial charge on any atom is 0.306 e. The lowest BCUT2D eigenvalue weighted by molar-refractivity contribution is -0.144. The van der Waals surface area contributed by atoms with Gasteiger partial charge in [-0.2, -0.15) is 0 Å². The van der Waals surface area contributed by atoms with E-state index in [9.17, 15) is 14.4 Å². The molecule has 1 atom stereocenters. The van der Waals surface area contributed by atoms with Crippen molar-refractivity contribution in [1.82, 2.24) is 5.32 Å². The lowest BCUT2D eigenvalue weighted by atomic mass is 9.98. The Balaban J connectivity index is 3.48. The molecule has 28 heavy (non-hydrogen) atoms. The van der Waals surface area contributed by atoms with Gasteiger partial charge in [0.15, 0.2) is 5.78 Å². The Hall–Kier alpha value is -1.55. The fourth-order valence-electron chi connectivity index (χ4n) is 2.24. The van der Waals surface area contributed by atoms with Crippen LogP contribution in [0.5, 0.6) is 0 Å². The van der Waals surface area contributed by atoms with Crippen molar-refractivity contribution in [3.05, 3.63) is 0 Å². The number of rotatable bonds is 20. The maximum absolute atomic E-state index is 11.7. The van der Waals surface area contributed by atoms with Crippen LogP contribution in [-0.2, 0) is 33.3 Å². The highest BCUT2D eigenvalue weighted by atomic mass is 16.5. The van der Waals surface area contributed by atoms with Gasteiger partial charge in [0.1, 0.15) is 13.2 Å². The van der Waals surface area contributed by atoms with Crippen LogP contribution >= 0.6 is 0 Å². The third-order valence-corrected chi connectivity index (χ3v) is 3.62. The molecule has 9 nitrogen and oxygen atoms in total. The van der Waals surface area contributed by atoms with Gasteiger partial charge in [-0.25, -0.2) is 0 Å². The normalized spacial score (nSPS) is 11.9. The summed E-state index contributed by atoms with van der Waals surface area (Å²) in [4.78, 5) is 34.2. The number of ketones is 1. The number of ether oxygens (including phenoxy) is 4. The van der Waals surface area contributed by atoms with Gasteiger partial charge < -0.3 is 29.4 Å². The Morgan fingerprint density at radius 1 is 0.821 bits per heavy atom. The summed E-state index contributed by atoms with van der Waals surface area (Å²) in [6.45, 7) is 6.49. The van der Waals surface area contributed by atoms with E-state index < -0.39 is 11.9 Å². The van der Waals surface area contributed by atoms with Crippen LogP contribution in [0.15, 0.2) is 0 Å². The molecule has 0 aromatic carbocycles. The summed E-state index contributed by atoms with van der Waals surface area (Å²) in [6, 6.07) is 0. The molecule has 0 spiro atoms. The van der Waals surface area contributed by atoms with E-state index >= 15 is 0 Å². The maximum atomic E-state index is 11.7. The largest absolute Gasteiger partial charge is 0.481 e. The second kappa shape index (κ2) is 18.8. The first-order chi connectivity index (χ1) is 13.5. The molecular formula is C19H35NO8. The van der Waals surface area contributed by atoms with Crippen molar-refractivity contribution in [2.45, 2.75) is 39.5 Å². The zero-order chi connectivity index (χ0) is 21.0. The number of carboxylic acid groups (broad SMARTS) is 1. The molecule has 0 unspecified atom stereocenters. The van der Waals surface area contributed by atoms with Crippen LogP contribution in [0.4, 0.5) is 0 Å². The third kappa shape index (κ3) is 16.6. The van der Waals surface area contributed by atoms with Gasteiger partial charge in [0.2, 0.25) is 5.91 Å². The summed E-state index contributed by atoms with van der Waals surface area (Å²) in [5, 5.41) is 11.7. The lowest BCUT2D eigenvalue weighted by Crippen LogP contribution is -2.31. The number of hydrogen-bond donors (Lipinski definition) is 2. The van der Waals surface area contributed by atoms with Gasteiger partial charge in [0, 0.05) is 19.6 Å². The van der Waals surface area contributed by atoms with Crippen LogP contribution < -0.4 is 5.32 Å². The first-order valence-corrected chi connectivity index (χ1v) is 9.83. The molecule has 0 radical (unpaired) electrons. The van der Waals surface area contributed by atoms with E-state index in [2.05, 4.69) is 5.32 Å². The second-order valence-corrected chi connectivity index (χ2v) is 6.25. The average Bonchev–Trinajstić information content (AvgIpc) is 2.66. The molecule has 0 aliphatic heterocycles. The summed E-state index contributed by atoms with van der Waals surface area (Å²) < 4.78 is 20.9. The Bertz CT molecular complexity index is 430. The highest BCUT2D eigenvalue weighted by Crippen LogP contribution is 2.12. The quantitative estimate of drug-likeness (QED) is 0.288. The van der Waals surface area contributed by atoms with Crippen molar-refractivity contribution in [3.8, 4) is 0 Å². The zero-order valence-corrected chi connectivity index (χ0v) is 17.1. The van der Waals surface area contributed by atoms with Gasteiger partial charge in [-0.3, -0.25) is 14.4 Å². The van der Waals surface area contributed by atoms with Gasteiger partial charge in [0.05, 0.1) is 39.0 Å². The van der Waals surface area contributed by atoms with Crippen molar-refractivity contribution >= 4 is 17.7 Å². The van der Waals surface area contributed by atoms with E-state index in [0.29, 0.717) is 39.4 Å². The molecule has 0 aliphatic rings. The summed E-state index contributed by atoms with van der Waals surface area (Å²) in [7, 11) is 0. The highest BCUT2D eigenvalue weighted by molar-refractivity contribution is 5.84. The Labute approximate surface area is 167 Å². The summed E-state index contributed by atoms with van der Waals surface area (Å²) >= 11 is 0. The van der Waals surface area contributed by atoms with E-state index in [-0.39, 0.29) is 44.5 Å². The van der Waals surface area contributed by atoms with Crippen molar-refractivity contribution in [2.24, 2.45) is 5.92 Å². The molecule has 0 aliphatic carbocycles. The molecule has 0 fully saturated rings. The molecule has 0 aromatic rings. The minimum atomic E-state index is -0.948. The Morgan fingerprint density at radius 2 is 1.43 bits per heavy atom. The number of nitrogens with one attached hydrogen (secondary N) is 1. The van der Waals surface area contributed by atoms with Gasteiger partial charge in [-0.05, 0) is 12.8 Å². The molecule has 0 rings (SSSR count). The predicted molar refractivity (Wildman–Crippen MR) is 102 cm³/mol. The minimum absolute atomic E-state index is 0.0110. The fourth-order valence-corrected chi connectivity index (χ4v) is 2.24. The highest BCUT2D eigenvalue weighted by Gasteiger charge is 2.20. The zero-order valence-electron chi connectivity index (χ0n) is 17.1. The first kappa shape index (κ1) is 26.4. The molecule has 0 saturated carbocycles. The standard InChI is InChI=1S/C19H35NO8/c1-3-5-16(19(23)24)13-17(21)14-27-11-10-26-8-6-20-18(22)15-28-12-9-25-7-4-2/h16H,3-15H2,1-2H3,(H,20,22)(H,23,24)/t16-/m1/s1. The van der Waals surface area contributed by atoms with E-state index in [1.54, 1.807) is 0 Å². The topological polar surface area (TPSA) is 120 Å². The van der Waals surface area contributed by atoms with Crippen molar-refractivity contribution in [3.63, 3.8) is 0 Å². The van der Waals surface area contributed by atoms with Crippen LogP contribution in [0, 0.1) is 5.92 Å². The fraction of sp³-hybridized carbons (Fsp3) is 0.842. The Morgan fingerprint density at radius 3 is 2.04 bits per heavy atom. The summed E-state index contributed by atoms with van der Waals surface area (Å²) in [6.07, 6.45) is 2.14. The number of amides is 1. The smallest absolute Gasteiger partial charge is 0.306 e. The van der Waals surface area contributed by atoms with Crippen molar-refractivity contribution in [1.29, 1.82) is 0 Å². The van der Waals surface area contributed by atoms with Gasteiger partial charge >= 0.3 is 5.97 Å². The van der Waals surface area contributed by atoms with Gasteiger partial charge in [-0.1, -0.05) is 20.3 Å². The SMILES string of the molecule is CCCOCCOCC(=O)NCCOCCOCC(=O)C[C@@H](CCC)C(=O)O. The monoisotopic (exact) mass is 405 g/mol. The van der Waals surface area contributed by atoms with Crippen LogP contribution in [0.2, 0.25) is 0 Å². The van der Waals surface area contributed by atoms with E-state index in [0.717, 1.165) is 12.8 Å². The molecular weight excluding hydrogens is 370 g/mol. The molecule has 0 aromatic heterocycles. The van der Waals surface area contributed by atoms with E-state index in [4.69, 9.17) is 24.1 Å². The molecule has 0 heterocycles. The van der Waals surface area contributed by atoms with E-state index in [1.807, 2.05) is 13.8 Å². The van der Waals surface area contributed by atoms with Crippen LogP contribution in [0.25, 0.3) is 0 Å².